The van der Waals surface area contributed by atoms with Crippen molar-refractivity contribution in [2.75, 3.05) is 20.6 Å². The van der Waals surface area contributed by atoms with Gasteiger partial charge in [0.15, 0.2) is 0 Å². The van der Waals surface area contributed by atoms with E-state index in [1.807, 2.05) is 27.9 Å². The molecule has 3 heteroatoms. The maximum Gasteiger partial charge on any atom is 0.136 e. The van der Waals surface area contributed by atoms with Crippen molar-refractivity contribution in [3.8, 4) is 0 Å². The molecule has 0 bridgehead atoms. The first-order valence-corrected chi connectivity index (χ1v) is 9.86. The van der Waals surface area contributed by atoms with E-state index in [1.54, 1.807) is 0 Å². The van der Waals surface area contributed by atoms with Gasteiger partial charge in [-0.25, -0.2) is 0 Å². The van der Waals surface area contributed by atoms with Gasteiger partial charge in [0, 0.05) is 6.42 Å². The van der Waals surface area contributed by atoms with Gasteiger partial charge in [-0.2, -0.15) is 0 Å². The van der Waals surface area contributed by atoms with E-state index in [1.165, 1.54) is 57.8 Å². The maximum absolute atomic E-state index is 11.6. The predicted molar refractivity (Wildman–Crippen MR) is 97.1 cm³/mol. The molecule has 0 aliphatic carbocycles. The van der Waals surface area contributed by atoms with Gasteiger partial charge in [-0.05, 0) is 20.3 Å². The van der Waals surface area contributed by atoms with Gasteiger partial charge in [-0.1, -0.05) is 71.1 Å². The van der Waals surface area contributed by atoms with Gasteiger partial charge in [0.2, 0.25) is 0 Å². The molecule has 0 aromatic carbocycles. The number of quaternary nitrogens is 1. The smallest absolute Gasteiger partial charge is 0.136 e. The number of nitrogens with zero attached hydrogens (tertiary/aromatic N) is 1. The highest BCUT2D eigenvalue weighted by Crippen LogP contribution is 2.27. The maximum atomic E-state index is 11.6. The van der Waals surface area contributed by atoms with E-state index >= 15 is 0 Å². The number of carbonyl (C=O) groups excluding carboxylic acids is 1. The molecule has 0 aliphatic rings. The molecule has 0 aromatic rings. The highest BCUT2D eigenvalue weighted by Gasteiger charge is 2.40. The van der Waals surface area contributed by atoms with Crippen LogP contribution in [0.4, 0.5) is 0 Å². The second kappa shape index (κ2) is 11.9. The van der Waals surface area contributed by atoms with Crippen LogP contribution in [0.3, 0.4) is 0 Å². The average molecular weight is 328 g/mol. The number of carboxylic acid groups (broad SMARTS) is 1. The topological polar surface area (TPSA) is 40.1 Å². The lowest BCUT2D eigenvalue weighted by atomic mass is 9.90. The summed E-state index contributed by atoms with van der Waals surface area (Å²) in [5.74, 6) is -0.906. The summed E-state index contributed by atoms with van der Waals surface area (Å²) in [5.41, 5.74) is -0.770. The minimum Gasteiger partial charge on any atom is -0.544 e. The van der Waals surface area contributed by atoms with Crippen molar-refractivity contribution in [2.45, 2.75) is 103 Å². The Balaban J connectivity index is 3.79. The van der Waals surface area contributed by atoms with Crippen molar-refractivity contribution < 1.29 is 14.4 Å². The number of carboxylic acids is 1. The summed E-state index contributed by atoms with van der Waals surface area (Å²) in [5, 5.41) is 11.6. The molecule has 1 unspecified atom stereocenters. The lowest BCUT2D eigenvalue weighted by Gasteiger charge is -2.47. The quantitative estimate of drug-likeness (QED) is 0.332. The third kappa shape index (κ3) is 8.19. The Kier molecular flexibility index (Phi) is 11.6. The molecule has 0 amide bonds. The molecule has 23 heavy (non-hydrogen) atoms. The molecule has 0 fully saturated rings. The predicted octanol–water partition coefficient (Wildman–Crippen LogP) is 4.29. The van der Waals surface area contributed by atoms with Gasteiger partial charge >= 0.3 is 0 Å². The number of hydrogen-bond donors (Lipinski definition) is 0. The van der Waals surface area contributed by atoms with Crippen LogP contribution in [0.25, 0.3) is 0 Å². The van der Waals surface area contributed by atoms with Crippen molar-refractivity contribution in [1.82, 2.24) is 0 Å². The molecule has 0 rings (SSSR count). The summed E-state index contributed by atoms with van der Waals surface area (Å²) in [6.45, 7) is 6.96. The fourth-order valence-electron chi connectivity index (χ4n) is 3.13. The van der Waals surface area contributed by atoms with Gasteiger partial charge in [0.05, 0.1) is 20.6 Å². The Morgan fingerprint density at radius 1 is 0.826 bits per heavy atom. The van der Waals surface area contributed by atoms with E-state index in [0.29, 0.717) is 10.9 Å². The first-order valence-electron chi connectivity index (χ1n) is 9.86. The van der Waals surface area contributed by atoms with Crippen LogP contribution in [0.15, 0.2) is 0 Å². The van der Waals surface area contributed by atoms with Crippen LogP contribution in [0.5, 0.6) is 0 Å². The van der Waals surface area contributed by atoms with Gasteiger partial charge in [-0.15, -0.1) is 0 Å². The molecule has 3 nitrogen and oxygen atoms in total. The zero-order chi connectivity index (χ0) is 17.8. The summed E-state index contributed by atoms with van der Waals surface area (Å²) in [6, 6.07) is 0. The molecule has 0 heterocycles. The first kappa shape index (κ1) is 22.4. The number of likely N-dealkylation sites (N-methyl/N-ethyl adjacent to an activating group) is 1. The molecule has 0 N–H and O–H groups in total. The molecule has 0 spiro atoms. The normalized spacial score (nSPS) is 14.7. The van der Waals surface area contributed by atoms with Crippen molar-refractivity contribution in [3.05, 3.63) is 0 Å². The number of hydrogen-bond acceptors (Lipinski definition) is 2. The standard InChI is InChI=1S/C20H41NO2/c1-6-8-9-10-11-12-13-14-15-16-17-18-20(3,19(22)23)21(4,5)7-2/h6-18H2,1-5H3. The Morgan fingerprint density at radius 3 is 1.57 bits per heavy atom. The SMILES string of the molecule is CCCCCCCCCCCCCC(C)(C(=O)[O-])[N+](C)(C)CC. The molecule has 0 saturated heterocycles. The lowest BCUT2D eigenvalue weighted by Crippen LogP contribution is -2.66. The second-order valence-corrected chi connectivity index (χ2v) is 7.85. The van der Waals surface area contributed by atoms with Gasteiger partial charge in [0.25, 0.3) is 0 Å². The van der Waals surface area contributed by atoms with E-state index in [4.69, 9.17) is 0 Å². The third-order valence-electron chi connectivity index (χ3n) is 5.83. The number of rotatable bonds is 15. The fraction of sp³-hybridized carbons (Fsp3) is 0.950. The largest absolute Gasteiger partial charge is 0.544 e. The van der Waals surface area contributed by atoms with Crippen LogP contribution < -0.4 is 5.11 Å². The van der Waals surface area contributed by atoms with Crippen LogP contribution in [0, 0.1) is 0 Å². The Morgan fingerprint density at radius 2 is 1.22 bits per heavy atom. The van der Waals surface area contributed by atoms with Gasteiger partial charge in [0.1, 0.15) is 11.5 Å². The lowest BCUT2D eigenvalue weighted by molar-refractivity contribution is -0.931. The fourth-order valence-corrected chi connectivity index (χ4v) is 3.13. The van der Waals surface area contributed by atoms with Crippen molar-refractivity contribution >= 4 is 5.97 Å². The molecule has 138 valence electrons. The number of aliphatic carboxylic acids is 1. The summed E-state index contributed by atoms with van der Waals surface area (Å²) in [7, 11) is 3.99. The zero-order valence-corrected chi connectivity index (χ0v) is 16.5. The van der Waals surface area contributed by atoms with Crippen LogP contribution in [0.2, 0.25) is 0 Å². The van der Waals surface area contributed by atoms with Crippen molar-refractivity contribution in [1.29, 1.82) is 0 Å². The van der Waals surface area contributed by atoms with Crippen LogP contribution in [-0.4, -0.2) is 36.6 Å². The summed E-state index contributed by atoms with van der Waals surface area (Å²) >= 11 is 0. The first-order chi connectivity index (χ1) is 10.8. The summed E-state index contributed by atoms with van der Waals surface area (Å²) < 4.78 is 0.493. The molecule has 0 aromatic heterocycles. The highest BCUT2D eigenvalue weighted by molar-refractivity contribution is 5.74. The van der Waals surface area contributed by atoms with E-state index in [9.17, 15) is 9.90 Å². The Labute approximate surface area is 145 Å². The van der Waals surface area contributed by atoms with Crippen molar-refractivity contribution in [2.24, 2.45) is 0 Å². The molecular weight excluding hydrogens is 286 g/mol. The van der Waals surface area contributed by atoms with Crippen LogP contribution in [-0.2, 0) is 4.79 Å². The second-order valence-electron chi connectivity index (χ2n) is 7.85. The number of carbonyl (C=O) groups is 1. The van der Waals surface area contributed by atoms with E-state index in [0.717, 1.165) is 19.4 Å². The molecule has 0 radical (unpaired) electrons. The van der Waals surface area contributed by atoms with Crippen molar-refractivity contribution in [3.63, 3.8) is 0 Å². The summed E-state index contributed by atoms with van der Waals surface area (Å²) in [4.78, 5) is 11.6. The van der Waals surface area contributed by atoms with Crippen LogP contribution >= 0.6 is 0 Å². The molecule has 0 aliphatic heterocycles. The zero-order valence-electron chi connectivity index (χ0n) is 16.5. The number of unbranched alkanes of at least 4 members (excludes halogenated alkanes) is 10. The molecular formula is C20H41NO2. The monoisotopic (exact) mass is 327 g/mol. The third-order valence-corrected chi connectivity index (χ3v) is 5.83. The van der Waals surface area contributed by atoms with Crippen LogP contribution in [0.1, 0.15) is 97.8 Å². The highest BCUT2D eigenvalue weighted by atomic mass is 16.4. The summed E-state index contributed by atoms with van der Waals surface area (Å²) in [6.07, 6.45) is 14.9. The van der Waals surface area contributed by atoms with Gasteiger partial charge < -0.3 is 14.4 Å². The molecule has 0 saturated carbocycles. The Hall–Kier alpha value is -0.570. The minimum absolute atomic E-state index is 0.493. The minimum atomic E-state index is -0.906. The van der Waals surface area contributed by atoms with Gasteiger partial charge in [-0.3, -0.25) is 0 Å². The average Bonchev–Trinajstić information content (AvgIpc) is 2.51. The molecule has 1 atom stereocenters. The van der Waals surface area contributed by atoms with E-state index < -0.39 is 11.5 Å². The Bertz CT molecular complexity index is 315. The van der Waals surface area contributed by atoms with E-state index in [2.05, 4.69) is 6.92 Å². The van der Waals surface area contributed by atoms with E-state index in [-0.39, 0.29) is 0 Å².